The first-order valence-corrected chi connectivity index (χ1v) is 6.42. The van der Waals surface area contributed by atoms with Crippen LogP contribution in [0.1, 0.15) is 12.0 Å². The van der Waals surface area contributed by atoms with Gasteiger partial charge in [0.25, 0.3) is 5.91 Å². The zero-order valence-electron chi connectivity index (χ0n) is 11.3. The maximum absolute atomic E-state index is 11.6. The molecule has 4 nitrogen and oxygen atoms in total. The Labute approximate surface area is 118 Å². The van der Waals surface area contributed by atoms with Gasteiger partial charge in [0, 0.05) is 17.3 Å². The molecule has 104 valence electrons. The summed E-state index contributed by atoms with van der Waals surface area (Å²) in [6.45, 7) is 6.39. The molecule has 0 aliphatic carbocycles. The molecule has 5 heteroatoms. The second-order valence-electron chi connectivity index (χ2n) is 4.20. The molecule has 0 radical (unpaired) electrons. The van der Waals surface area contributed by atoms with Crippen LogP contribution < -0.4 is 15.4 Å². The highest BCUT2D eigenvalue weighted by molar-refractivity contribution is 6.31. The number of hydrogen-bond acceptors (Lipinski definition) is 3. The third kappa shape index (κ3) is 5.77. The number of carbonyl (C=O) groups is 1. The highest BCUT2D eigenvalue weighted by Crippen LogP contribution is 2.21. The summed E-state index contributed by atoms with van der Waals surface area (Å²) in [6, 6.07) is 5.33. The fraction of sp³-hybridized carbons (Fsp3) is 0.357. The molecule has 0 saturated carbocycles. The monoisotopic (exact) mass is 282 g/mol. The van der Waals surface area contributed by atoms with E-state index in [-0.39, 0.29) is 12.5 Å². The Morgan fingerprint density at radius 2 is 2.21 bits per heavy atom. The third-order valence-corrected chi connectivity index (χ3v) is 2.91. The fourth-order valence-corrected chi connectivity index (χ4v) is 1.55. The summed E-state index contributed by atoms with van der Waals surface area (Å²) in [4.78, 5) is 11.6. The highest BCUT2D eigenvalue weighted by atomic mass is 35.5. The van der Waals surface area contributed by atoms with E-state index in [1.54, 1.807) is 12.1 Å². The van der Waals surface area contributed by atoms with Crippen LogP contribution in [0.25, 0.3) is 0 Å². The van der Waals surface area contributed by atoms with Crippen molar-refractivity contribution >= 4 is 17.5 Å². The molecule has 1 aromatic carbocycles. The van der Waals surface area contributed by atoms with Crippen molar-refractivity contribution in [3.05, 3.63) is 41.1 Å². The molecule has 1 rings (SSSR count). The maximum Gasteiger partial charge on any atom is 0.262 e. The zero-order valence-corrected chi connectivity index (χ0v) is 12.0. The molecule has 0 atom stereocenters. The first kappa shape index (κ1) is 15.5. The van der Waals surface area contributed by atoms with E-state index in [4.69, 9.17) is 16.3 Å². The Kier molecular flexibility index (Phi) is 6.39. The van der Waals surface area contributed by atoms with E-state index < -0.39 is 0 Å². The summed E-state index contributed by atoms with van der Waals surface area (Å²) in [5.74, 6) is 0.351. The van der Waals surface area contributed by atoms with E-state index in [9.17, 15) is 4.79 Å². The second-order valence-corrected chi connectivity index (χ2v) is 4.61. The lowest BCUT2D eigenvalue weighted by Gasteiger charge is -2.10. The Hall–Kier alpha value is -1.52. The van der Waals surface area contributed by atoms with Gasteiger partial charge in [0.2, 0.25) is 0 Å². The Morgan fingerprint density at radius 3 is 2.84 bits per heavy atom. The van der Waals surface area contributed by atoms with Crippen LogP contribution in [0.3, 0.4) is 0 Å². The van der Waals surface area contributed by atoms with Crippen LogP contribution in [0.2, 0.25) is 5.02 Å². The SMILES string of the molecule is C=C(CCNC)NC(=O)COc1ccc(C)c(Cl)c1. The first-order chi connectivity index (χ1) is 9.02. The second kappa shape index (κ2) is 7.81. The summed E-state index contributed by atoms with van der Waals surface area (Å²) < 4.78 is 5.36. The van der Waals surface area contributed by atoms with Gasteiger partial charge in [-0.15, -0.1) is 0 Å². The fourth-order valence-electron chi connectivity index (χ4n) is 1.38. The van der Waals surface area contributed by atoms with Crippen LogP contribution in [-0.2, 0) is 4.79 Å². The normalized spacial score (nSPS) is 10.1. The number of amides is 1. The van der Waals surface area contributed by atoms with E-state index in [0.717, 1.165) is 12.1 Å². The average Bonchev–Trinajstić information content (AvgIpc) is 2.38. The average molecular weight is 283 g/mol. The van der Waals surface area contributed by atoms with E-state index in [2.05, 4.69) is 17.2 Å². The van der Waals surface area contributed by atoms with Gasteiger partial charge in [-0.1, -0.05) is 24.2 Å². The molecule has 1 aromatic rings. The largest absolute Gasteiger partial charge is 0.484 e. The van der Waals surface area contributed by atoms with Crippen molar-refractivity contribution in [1.29, 1.82) is 0 Å². The zero-order chi connectivity index (χ0) is 14.3. The molecule has 0 heterocycles. The summed E-state index contributed by atoms with van der Waals surface area (Å²) in [6.07, 6.45) is 0.693. The molecule has 1 amide bonds. The van der Waals surface area contributed by atoms with Crippen molar-refractivity contribution < 1.29 is 9.53 Å². The lowest BCUT2D eigenvalue weighted by atomic mass is 10.2. The van der Waals surface area contributed by atoms with Crippen molar-refractivity contribution in [2.75, 3.05) is 20.2 Å². The first-order valence-electron chi connectivity index (χ1n) is 6.04. The number of nitrogens with one attached hydrogen (secondary N) is 2. The van der Waals surface area contributed by atoms with Gasteiger partial charge in [-0.3, -0.25) is 4.79 Å². The van der Waals surface area contributed by atoms with Gasteiger partial charge in [-0.2, -0.15) is 0 Å². The standard InChI is InChI=1S/C14H19ClN2O2/c1-10-4-5-12(8-13(10)15)19-9-14(18)17-11(2)6-7-16-3/h4-5,8,16H,2,6-7,9H2,1,3H3,(H,17,18). The quantitative estimate of drug-likeness (QED) is 0.807. The molecule has 0 aliphatic heterocycles. The number of benzene rings is 1. The minimum Gasteiger partial charge on any atom is -0.484 e. The van der Waals surface area contributed by atoms with Gasteiger partial charge in [-0.25, -0.2) is 0 Å². The summed E-state index contributed by atoms with van der Waals surface area (Å²) >= 11 is 5.97. The summed E-state index contributed by atoms with van der Waals surface area (Å²) in [7, 11) is 1.85. The molecule has 0 spiro atoms. The van der Waals surface area contributed by atoms with Crippen LogP contribution in [0.5, 0.6) is 5.75 Å². The Bertz CT molecular complexity index is 461. The molecule has 0 aliphatic rings. The van der Waals surface area contributed by atoms with Crippen molar-refractivity contribution in [2.45, 2.75) is 13.3 Å². The van der Waals surface area contributed by atoms with Gasteiger partial charge in [0.15, 0.2) is 6.61 Å². The molecule has 0 bridgehead atoms. The third-order valence-electron chi connectivity index (χ3n) is 2.51. The Morgan fingerprint density at radius 1 is 1.47 bits per heavy atom. The number of rotatable bonds is 7. The van der Waals surface area contributed by atoms with Crippen LogP contribution in [0.15, 0.2) is 30.5 Å². The molecule has 19 heavy (non-hydrogen) atoms. The number of carbonyl (C=O) groups excluding carboxylic acids is 1. The molecular formula is C14H19ClN2O2. The van der Waals surface area contributed by atoms with Gasteiger partial charge >= 0.3 is 0 Å². The summed E-state index contributed by atoms with van der Waals surface area (Å²) in [5.41, 5.74) is 1.64. The van der Waals surface area contributed by atoms with E-state index in [1.807, 2.05) is 20.0 Å². The number of aryl methyl sites for hydroxylation is 1. The van der Waals surface area contributed by atoms with Crippen molar-refractivity contribution in [3.63, 3.8) is 0 Å². The topological polar surface area (TPSA) is 50.4 Å². The molecule has 0 fully saturated rings. The van der Waals surface area contributed by atoms with Gasteiger partial charge < -0.3 is 15.4 Å². The van der Waals surface area contributed by atoms with Crippen molar-refractivity contribution in [2.24, 2.45) is 0 Å². The lowest BCUT2D eigenvalue weighted by molar-refractivity contribution is -0.122. The smallest absolute Gasteiger partial charge is 0.262 e. The van der Waals surface area contributed by atoms with Crippen LogP contribution in [-0.4, -0.2) is 26.1 Å². The Balaban J connectivity index is 2.37. The van der Waals surface area contributed by atoms with Crippen molar-refractivity contribution in [1.82, 2.24) is 10.6 Å². The number of hydrogen-bond donors (Lipinski definition) is 2. The predicted octanol–water partition coefficient (Wildman–Crippen LogP) is 2.27. The van der Waals surface area contributed by atoms with E-state index in [1.165, 1.54) is 0 Å². The van der Waals surface area contributed by atoms with E-state index >= 15 is 0 Å². The van der Waals surface area contributed by atoms with Gasteiger partial charge in [0.1, 0.15) is 5.75 Å². The molecular weight excluding hydrogens is 264 g/mol. The molecule has 0 unspecified atom stereocenters. The molecule has 2 N–H and O–H groups in total. The van der Waals surface area contributed by atoms with Gasteiger partial charge in [-0.05, 0) is 38.1 Å². The van der Waals surface area contributed by atoms with Crippen LogP contribution in [0, 0.1) is 6.92 Å². The van der Waals surface area contributed by atoms with E-state index in [0.29, 0.717) is 22.9 Å². The number of ether oxygens (including phenoxy) is 1. The molecule has 0 aromatic heterocycles. The summed E-state index contributed by atoms with van der Waals surface area (Å²) in [5, 5.41) is 6.28. The minimum absolute atomic E-state index is 0.0576. The number of halogens is 1. The van der Waals surface area contributed by atoms with Crippen LogP contribution in [0.4, 0.5) is 0 Å². The maximum atomic E-state index is 11.6. The predicted molar refractivity (Wildman–Crippen MR) is 77.5 cm³/mol. The highest BCUT2D eigenvalue weighted by Gasteiger charge is 2.05. The minimum atomic E-state index is -0.224. The van der Waals surface area contributed by atoms with Crippen molar-refractivity contribution in [3.8, 4) is 5.75 Å². The van der Waals surface area contributed by atoms with Gasteiger partial charge in [0.05, 0.1) is 0 Å². The lowest BCUT2D eigenvalue weighted by Crippen LogP contribution is -2.29. The van der Waals surface area contributed by atoms with Crippen LogP contribution >= 0.6 is 11.6 Å². The molecule has 0 saturated heterocycles.